The van der Waals surface area contributed by atoms with E-state index < -0.39 is 0 Å². The Kier molecular flexibility index (Phi) is 6.34. The molecule has 1 aromatic rings. The Balaban J connectivity index is 2.10. The first kappa shape index (κ1) is 17.5. The molecule has 4 atom stereocenters. The molecule has 0 saturated heterocycles. The van der Waals surface area contributed by atoms with Gasteiger partial charge in [-0.2, -0.15) is 0 Å². The van der Waals surface area contributed by atoms with Crippen molar-refractivity contribution in [2.24, 2.45) is 17.8 Å². The zero-order chi connectivity index (χ0) is 15.6. The van der Waals surface area contributed by atoms with E-state index in [9.17, 15) is 0 Å². The molecule has 0 amide bonds. The zero-order valence-corrected chi connectivity index (χ0v) is 16.7. The van der Waals surface area contributed by atoms with Gasteiger partial charge in [0.1, 0.15) is 0 Å². The van der Waals surface area contributed by atoms with Crippen molar-refractivity contribution < 1.29 is 0 Å². The highest BCUT2D eigenvalue weighted by Crippen LogP contribution is 2.35. The van der Waals surface area contributed by atoms with Crippen LogP contribution in [-0.4, -0.2) is 6.04 Å². The highest BCUT2D eigenvalue weighted by atomic mass is 79.9. The second-order valence-corrected chi connectivity index (χ2v) is 8.76. The number of rotatable bonds is 4. The van der Waals surface area contributed by atoms with E-state index in [0.717, 1.165) is 22.2 Å². The third-order valence-corrected chi connectivity index (χ3v) is 6.10. The first-order valence-corrected chi connectivity index (χ1v) is 9.68. The summed E-state index contributed by atoms with van der Waals surface area (Å²) in [4.78, 5) is 0. The van der Waals surface area contributed by atoms with Crippen LogP contribution in [0.4, 0.5) is 0 Å². The van der Waals surface area contributed by atoms with Gasteiger partial charge in [0.05, 0.1) is 0 Å². The first-order valence-electron chi connectivity index (χ1n) is 8.09. The molecule has 2 rings (SSSR count). The van der Waals surface area contributed by atoms with Crippen molar-refractivity contribution in [1.29, 1.82) is 0 Å². The molecule has 0 heterocycles. The lowest BCUT2D eigenvalue weighted by Crippen LogP contribution is -2.43. The fourth-order valence-corrected chi connectivity index (χ4v) is 5.05. The lowest BCUT2D eigenvalue weighted by atomic mass is 9.73. The SMILES string of the molecule is CC1CCC(C(C)C)C(NC(C)c2ccc(Br)cc2Br)C1. The molecule has 1 nitrogen and oxygen atoms in total. The number of hydrogen-bond donors (Lipinski definition) is 1. The minimum atomic E-state index is 0.379. The van der Waals surface area contributed by atoms with Gasteiger partial charge in [-0.3, -0.25) is 0 Å². The van der Waals surface area contributed by atoms with Crippen molar-refractivity contribution in [3.8, 4) is 0 Å². The van der Waals surface area contributed by atoms with Crippen molar-refractivity contribution in [3.63, 3.8) is 0 Å². The minimum Gasteiger partial charge on any atom is -0.307 e. The van der Waals surface area contributed by atoms with Crippen LogP contribution in [0.25, 0.3) is 0 Å². The maximum absolute atomic E-state index is 3.91. The van der Waals surface area contributed by atoms with Gasteiger partial charge in [0.2, 0.25) is 0 Å². The van der Waals surface area contributed by atoms with Crippen LogP contribution in [0.5, 0.6) is 0 Å². The highest BCUT2D eigenvalue weighted by molar-refractivity contribution is 9.11. The van der Waals surface area contributed by atoms with Gasteiger partial charge in [0, 0.05) is 21.0 Å². The van der Waals surface area contributed by atoms with Crippen molar-refractivity contribution in [2.45, 2.75) is 59.0 Å². The van der Waals surface area contributed by atoms with Crippen LogP contribution in [0.15, 0.2) is 27.1 Å². The van der Waals surface area contributed by atoms with Crippen LogP contribution in [-0.2, 0) is 0 Å². The van der Waals surface area contributed by atoms with Gasteiger partial charge in [-0.15, -0.1) is 0 Å². The van der Waals surface area contributed by atoms with Gasteiger partial charge in [0.25, 0.3) is 0 Å². The molecule has 0 radical (unpaired) electrons. The molecule has 1 aromatic carbocycles. The van der Waals surface area contributed by atoms with Gasteiger partial charge >= 0.3 is 0 Å². The predicted octanol–water partition coefficient (Wildman–Crippen LogP) is 6.32. The van der Waals surface area contributed by atoms with E-state index in [-0.39, 0.29) is 0 Å². The number of benzene rings is 1. The lowest BCUT2D eigenvalue weighted by molar-refractivity contribution is 0.161. The maximum atomic E-state index is 3.91. The smallest absolute Gasteiger partial charge is 0.0305 e. The summed E-state index contributed by atoms with van der Waals surface area (Å²) in [5.41, 5.74) is 1.35. The van der Waals surface area contributed by atoms with Crippen molar-refractivity contribution in [2.75, 3.05) is 0 Å². The maximum Gasteiger partial charge on any atom is 0.0305 e. The van der Waals surface area contributed by atoms with Crippen LogP contribution in [0.3, 0.4) is 0 Å². The van der Waals surface area contributed by atoms with Crippen LogP contribution < -0.4 is 5.32 Å². The van der Waals surface area contributed by atoms with E-state index in [0.29, 0.717) is 12.1 Å². The fourth-order valence-electron chi connectivity index (χ4n) is 3.66. The van der Waals surface area contributed by atoms with E-state index in [1.165, 1.54) is 29.3 Å². The summed E-state index contributed by atoms with van der Waals surface area (Å²) >= 11 is 7.23. The van der Waals surface area contributed by atoms with Gasteiger partial charge in [-0.05, 0) is 55.2 Å². The Bertz CT molecular complexity index is 472. The standard InChI is InChI=1S/C18H27Br2N/c1-11(2)15-7-5-12(3)9-18(15)21-13(4)16-8-6-14(19)10-17(16)20/h6,8,10-13,15,18,21H,5,7,9H2,1-4H3. The molecule has 1 fully saturated rings. The van der Waals surface area contributed by atoms with E-state index in [2.05, 4.69) is 83.1 Å². The summed E-state index contributed by atoms with van der Waals surface area (Å²) in [7, 11) is 0. The minimum absolute atomic E-state index is 0.379. The van der Waals surface area contributed by atoms with Crippen LogP contribution in [0.2, 0.25) is 0 Å². The molecule has 118 valence electrons. The number of halogens is 2. The summed E-state index contributed by atoms with van der Waals surface area (Å²) in [6.07, 6.45) is 4.06. The summed E-state index contributed by atoms with van der Waals surface area (Å²) < 4.78 is 2.30. The fraction of sp³-hybridized carbons (Fsp3) is 0.667. The van der Waals surface area contributed by atoms with E-state index in [4.69, 9.17) is 0 Å². The molecule has 1 aliphatic rings. The molecular weight excluding hydrogens is 390 g/mol. The first-order chi connectivity index (χ1) is 9.88. The number of nitrogens with one attached hydrogen (secondary N) is 1. The summed E-state index contributed by atoms with van der Waals surface area (Å²) in [6, 6.07) is 7.49. The van der Waals surface area contributed by atoms with Crippen molar-refractivity contribution in [1.82, 2.24) is 5.32 Å². The Labute approximate surface area is 146 Å². The molecule has 1 aliphatic carbocycles. The topological polar surface area (TPSA) is 12.0 Å². The third kappa shape index (κ3) is 4.56. The molecule has 0 bridgehead atoms. The molecule has 0 aromatic heterocycles. The van der Waals surface area contributed by atoms with Crippen molar-refractivity contribution >= 4 is 31.9 Å². The molecule has 4 unspecified atom stereocenters. The van der Waals surface area contributed by atoms with Gasteiger partial charge in [-0.1, -0.05) is 65.1 Å². The molecule has 0 aliphatic heterocycles. The molecule has 1 saturated carbocycles. The van der Waals surface area contributed by atoms with Crippen molar-refractivity contribution in [3.05, 3.63) is 32.7 Å². The normalized spacial score (nSPS) is 27.9. The molecule has 1 N–H and O–H groups in total. The Morgan fingerprint density at radius 3 is 2.48 bits per heavy atom. The Morgan fingerprint density at radius 1 is 1.14 bits per heavy atom. The van der Waals surface area contributed by atoms with Gasteiger partial charge < -0.3 is 5.32 Å². The third-order valence-electron chi connectivity index (χ3n) is 4.92. The van der Waals surface area contributed by atoms with E-state index in [1.807, 2.05) is 0 Å². The van der Waals surface area contributed by atoms with Crippen LogP contribution >= 0.6 is 31.9 Å². The second kappa shape index (κ2) is 7.61. The van der Waals surface area contributed by atoms with Gasteiger partial charge in [0.15, 0.2) is 0 Å². The molecule has 0 spiro atoms. The molecule has 21 heavy (non-hydrogen) atoms. The predicted molar refractivity (Wildman–Crippen MR) is 98.5 cm³/mol. The zero-order valence-electron chi connectivity index (χ0n) is 13.5. The highest BCUT2D eigenvalue weighted by Gasteiger charge is 2.31. The monoisotopic (exact) mass is 415 g/mol. The average Bonchev–Trinajstić information content (AvgIpc) is 2.37. The molecule has 3 heteroatoms. The summed E-state index contributed by atoms with van der Waals surface area (Å²) in [5.74, 6) is 2.41. The largest absolute Gasteiger partial charge is 0.307 e. The van der Waals surface area contributed by atoms with Crippen LogP contribution in [0.1, 0.15) is 58.6 Å². The lowest BCUT2D eigenvalue weighted by Gasteiger charge is -2.39. The van der Waals surface area contributed by atoms with Gasteiger partial charge in [-0.25, -0.2) is 0 Å². The van der Waals surface area contributed by atoms with E-state index in [1.54, 1.807) is 0 Å². The number of hydrogen-bond acceptors (Lipinski definition) is 1. The Morgan fingerprint density at radius 2 is 1.86 bits per heavy atom. The second-order valence-electron chi connectivity index (χ2n) is 6.99. The average molecular weight is 417 g/mol. The molecular formula is C18H27Br2N. The van der Waals surface area contributed by atoms with Crippen LogP contribution in [0, 0.1) is 17.8 Å². The Hall–Kier alpha value is 0.140. The summed E-state index contributed by atoms with van der Waals surface area (Å²) in [6.45, 7) is 9.42. The summed E-state index contributed by atoms with van der Waals surface area (Å²) in [5, 5.41) is 3.91. The van der Waals surface area contributed by atoms with E-state index >= 15 is 0 Å². The quantitative estimate of drug-likeness (QED) is 0.605.